The van der Waals surface area contributed by atoms with Crippen LogP contribution >= 0.6 is 0 Å². The van der Waals surface area contributed by atoms with Gasteiger partial charge in [-0.15, -0.1) is 0 Å². The van der Waals surface area contributed by atoms with Gasteiger partial charge in [0.25, 0.3) is 0 Å². The second-order valence-corrected chi connectivity index (χ2v) is 17.0. The van der Waals surface area contributed by atoms with Gasteiger partial charge in [-0.1, -0.05) is 60.1 Å². The lowest BCUT2D eigenvalue weighted by Gasteiger charge is -2.71. The van der Waals surface area contributed by atoms with Gasteiger partial charge < -0.3 is 25.1 Å². The Morgan fingerprint density at radius 2 is 1.80 bits per heavy atom. The number of hydrogen-bond acceptors (Lipinski definition) is 5. The van der Waals surface area contributed by atoms with Gasteiger partial charge in [-0.2, -0.15) is 0 Å². The molecule has 0 amide bonds. The van der Waals surface area contributed by atoms with E-state index in [4.69, 9.17) is 19.9 Å². The third kappa shape index (κ3) is 4.35. The number of methoxy groups -OCH3 is 1. The third-order valence-electron chi connectivity index (χ3n) is 14.0. The monoisotopic (exact) mass is 573 g/mol. The fourth-order valence-corrected chi connectivity index (χ4v) is 11.4. The van der Waals surface area contributed by atoms with Crippen LogP contribution in [0.1, 0.15) is 101 Å². The normalized spacial score (nSPS) is 48.5. The standard InChI is InChI=1S/C35H59NO5/c1-21(2)22(3)31(6)15-16-33(8)23-11-12-26-32(7)19-40-20-35(26,17-25(39-10)28(32)41-18-30(4,5)36)24(23)13-14-34(33,9)27(31)29(37)38/h13,21-23,25-28H,11-12,14-20,36H2,1-10H3,(H,37,38)/t22-,23+,25-,26+,27-,28+,31-,32?,33-,34+,35+/m1/s1. The number of carboxylic acid groups (broad SMARTS) is 1. The highest BCUT2D eigenvalue weighted by molar-refractivity contribution is 5.73. The fraction of sp³-hybridized carbons (Fsp3) is 0.914. The Balaban J connectivity index is 1.57. The molecule has 0 radical (unpaired) electrons. The molecule has 0 spiro atoms. The zero-order chi connectivity index (χ0) is 30.4. The maximum atomic E-state index is 13.3. The Bertz CT molecular complexity index is 1070. The van der Waals surface area contributed by atoms with E-state index in [9.17, 15) is 9.90 Å². The first-order valence-corrected chi connectivity index (χ1v) is 16.4. The van der Waals surface area contributed by atoms with Gasteiger partial charge in [0, 0.05) is 23.5 Å². The largest absolute Gasteiger partial charge is 0.481 e. The average molecular weight is 574 g/mol. The molecule has 4 fully saturated rings. The molecule has 41 heavy (non-hydrogen) atoms. The van der Waals surface area contributed by atoms with Crippen LogP contribution in [0.25, 0.3) is 0 Å². The van der Waals surface area contributed by atoms with Crippen LogP contribution in [-0.2, 0) is 19.0 Å². The Morgan fingerprint density at radius 3 is 2.39 bits per heavy atom. The van der Waals surface area contributed by atoms with E-state index in [0.717, 1.165) is 45.1 Å². The molecule has 3 N–H and O–H groups in total. The lowest BCUT2D eigenvalue weighted by atomic mass is 9.34. The summed E-state index contributed by atoms with van der Waals surface area (Å²) in [6.07, 6.45) is 8.38. The van der Waals surface area contributed by atoms with Crippen molar-refractivity contribution < 1.29 is 24.1 Å². The lowest BCUT2D eigenvalue weighted by molar-refractivity contribution is -0.268. The van der Waals surface area contributed by atoms with Crippen molar-refractivity contribution in [1.82, 2.24) is 0 Å². The molecule has 0 aromatic rings. The molecule has 5 rings (SSSR count). The highest BCUT2D eigenvalue weighted by atomic mass is 16.5. The summed E-state index contributed by atoms with van der Waals surface area (Å²) in [6, 6.07) is 0. The molecule has 6 heteroatoms. The van der Waals surface area contributed by atoms with E-state index in [1.165, 1.54) is 0 Å². The second kappa shape index (κ2) is 10.0. The van der Waals surface area contributed by atoms with E-state index in [2.05, 4.69) is 54.5 Å². The van der Waals surface area contributed by atoms with Crippen molar-refractivity contribution >= 4 is 5.97 Å². The molecule has 1 aliphatic heterocycles. The first-order valence-electron chi connectivity index (χ1n) is 16.4. The molecule has 2 bridgehead atoms. The highest BCUT2D eigenvalue weighted by Gasteiger charge is 2.71. The number of carbonyl (C=O) groups is 1. The molecule has 234 valence electrons. The van der Waals surface area contributed by atoms with Crippen molar-refractivity contribution in [2.45, 2.75) is 119 Å². The minimum absolute atomic E-state index is 0.0310. The molecule has 1 unspecified atom stereocenters. The number of nitrogens with two attached hydrogens (primary N) is 1. The van der Waals surface area contributed by atoms with Crippen LogP contribution in [0.15, 0.2) is 11.6 Å². The summed E-state index contributed by atoms with van der Waals surface area (Å²) in [7, 11) is 1.83. The van der Waals surface area contributed by atoms with Crippen LogP contribution in [-0.4, -0.2) is 55.8 Å². The lowest BCUT2D eigenvalue weighted by Crippen LogP contribution is -2.70. The van der Waals surface area contributed by atoms with Gasteiger partial charge in [-0.05, 0) is 92.3 Å². The summed E-state index contributed by atoms with van der Waals surface area (Å²) in [5.74, 6) is 0.620. The summed E-state index contributed by atoms with van der Waals surface area (Å²) >= 11 is 0. The van der Waals surface area contributed by atoms with Crippen LogP contribution < -0.4 is 5.73 Å². The second-order valence-electron chi connectivity index (χ2n) is 17.0. The molecular formula is C35H59NO5. The quantitative estimate of drug-likeness (QED) is 0.329. The number of ether oxygens (including phenoxy) is 3. The summed E-state index contributed by atoms with van der Waals surface area (Å²) in [4.78, 5) is 13.3. The molecule has 6 nitrogen and oxygen atoms in total. The van der Waals surface area contributed by atoms with Crippen LogP contribution in [0.2, 0.25) is 0 Å². The summed E-state index contributed by atoms with van der Waals surface area (Å²) in [6.45, 7) is 22.1. The average Bonchev–Trinajstić information content (AvgIpc) is 2.86. The predicted octanol–water partition coefficient (Wildman–Crippen LogP) is 6.71. The van der Waals surface area contributed by atoms with Gasteiger partial charge in [-0.3, -0.25) is 4.79 Å². The summed E-state index contributed by atoms with van der Waals surface area (Å²) < 4.78 is 19.4. The van der Waals surface area contributed by atoms with Crippen LogP contribution in [0.3, 0.4) is 0 Å². The summed E-state index contributed by atoms with van der Waals surface area (Å²) in [5, 5.41) is 10.9. The van der Waals surface area contributed by atoms with E-state index in [1.807, 2.05) is 21.0 Å². The van der Waals surface area contributed by atoms with Gasteiger partial charge in [0.1, 0.15) is 0 Å². The van der Waals surface area contributed by atoms with E-state index >= 15 is 0 Å². The highest BCUT2D eigenvalue weighted by Crippen LogP contribution is 2.75. The minimum Gasteiger partial charge on any atom is -0.481 e. The SMILES string of the molecule is CO[C@@H]1C[C@@]23COCC(C)([C@H]1OCC(C)(C)N)[C@@H]2CC[C@H]1C3=CC[C@@]2(C)[C@H](C(=O)O)[C@@](C)([C@H](C)C(C)C)CC[C@]12C. The van der Waals surface area contributed by atoms with E-state index < -0.39 is 11.5 Å². The molecule has 4 aliphatic carbocycles. The number of fused-ring (bicyclic) bond motifs is 3. The van der Waals surface area contributed by atoms with Gasteiger partial charge >= 0.3 is 5.97 Å². The van der Waals surface area contributed by atoms with E-state index in [0.29, 0.717) is 36.9 Å². The van der Waals surface area contributed by atoms with Crippen molar-refractivity contribution in [2.24, 2.45) is 62.4 Å². The predicted molar refractivity (Wildman–Crippen MR) is 162 cm³/mol. The molecule has 3 saturated carbocycles. The van der Waals surface area contributed by atoms with Crippen LogP contribution in [0.5, 0.6) is 0 Å². The molecule has 11 atom stereocenters. The van der Waals surface area contributed by atoms with Crippen molar-refractivity contribution in [3.8, 4) is 0 Å². The van der Waals surface area contributed by atoms with Crippen molar-refractivity contribution in [3.63, 3.8) is 0 Å². The molecule has 1 heterocycles. The Morgan fingerprint density at radius 1 is 1.12 bits per heavy atom. The maximum Gasteiger partial charge on any atom is 0.307 e. The number of rotatable bonds is 7. The number of carboxylic acids is 1. The topological polar surface area (TPSA) is 91.0 Å². The van der Waals surface area contributed by atoms with Gasteiger partial charge in [0.15, 0.2) is 0 Å². The number of aliphatic carboxylic acids is 1. The maximum absolute atomic E-state index is 13.3. The fourth-order valence-electron chi connectivity index (χ4n) is 11.4. The van der Waals surface area contributed by atoms with Crippen molar-refractivity contribution in [3.05, 3.63) is 11.6 Å². The zero-order valence-electron chi connectivity index (χ0n) is 27.6. The van der Waals surface area contributed by atoms with Crippen LogP contribution in [0.4, 0.5) is 0 Å². The number of hydrogen-bond donors (Lipinski definition) is 2. The number of allylic oxidation sites excluding steroid dienone is 1. The smallest absolute Gasteiger partial charge is 0.307 e. The van der Waals surface area contributed by atoms with E-state index in [-0.39, 0.29) is 45.2 Å². The Labute approximate surface area is 249 Å². The minimum atomic E-state index is -0.606. The first-order chi connectivity index (χ1) is 18.9. The van der Waals surface area contributed by atoms with E-state index in [1.54, 1.807) is 5.57 Å². The molecular weight excluding hydrogens is 514 g/mol. The van der Waals surface area contributed by atoms with Crippen molar-refractivity contribution in [1.29, 1.82) is 0 Å². The summed E-state index contributed by atoms with van der Waals surface area (Å²) in [5.41, 5.74) is 6.61. The Hall–Kier alpha value is -0.950. The first kappa shape index (κ1) is 31.5. The zero-order valence-corrected chi connectivity index (χ0v) is 27.6. The molecule has 5 aliphatic rings. The van der Waals surface area contributed by atoms with Crippen molar-refractivity contribution in [2.75, 3.05) is 26.9 Å². The third-order valence-corrected chi connectivity index (χ3v) is 14.0. The van der Waals surface area contributed by atoms with Gasteiger partial charge in [0.2, 0.25) is 0 Å². The van der Waals surface area contributed by atoms with Crippen LogP contribution in [0, 0.1) is 56.7 Å². The Kier molecular flexibility index (Phi) is 7.71. The van der Waals surface area contributed by atoms with Gasteiger partial charge in [-0.25, -0.2) is 0 Å². The molecule has 0 aromatic heterocycles. The molecule has 0 aromatic carbocycles. The van der Waals surface area contributed by atoms with Gasteiger partial charge in [0.05, 0.1) is 37.9 Å². The molecule has 1 saturated heterocycles.